The first kappa shape index (κ1) is 21.7. The summed E-state index contributed by atoms with van der Waals surface area (Å²) in [4.78, 5) is 21.9. The molecule has 8 heteroatoms. The molecule has 2 fully saturated rings. The van der Waals surface area contributed by atoms with Crippen molar-refractivity contribution < 1.29 is 9.53 Å². The average Bonchev–Trinajstić information content (AvgIpc) is 3.26. The Morgan fingerprint density at radius 3 is 2.76 bits per heavy atom. The lowest BCUT2D eigenvalue weighted by Crippen LogP contribution is -2.41. The van der Waals surface area contributed by atoms with Gasteiger partial charge in [-0.3, -0.25) is 9.89 Å². The zero-order valence-corrected chi connectivity index (χ0v) is 19.2. The van der Waals surface area contributed by atoms with Crippen molar-refractivity contribution in [2.75, 3.05) is 45.2 Å². The molecule has 1 atom stereocenters. The number of hydrogen-bond acceptors (Lipinski definition) is 6. The van der Waals surface area contributed by atoms with E-state index in [1.165, 1.54) is 0 Å². The molecule has 174 valence electrons. The lowest BCUT2D eigenvalue weighted by Gasteiger charge is -2.32. The Morgan fingerprint density at radius 2 is 1.94 bits per heavy atom. The standard InChI is InChI=1S/C25H32N6O2/c1-30-14-11-19(12-15-30)26-24-21-9-10-22(27-25(21)29-28-24)18-6-5-13-31(16-18)23(32)17-33-20-7-3-2-4-8-20/h2-4,7-10,18-19H,5-6,11-17H2,1H3,(H2,26,27,28,29)/t18-/m1/s1. The van der Waals surface area contributed by atoms with Gasteiger partial charge in [-0.1, -0.05) is 18.2 Å². The van der Waals surface area contributed by atoms with E-state index in [-0.39, 0.29) is 18.4 Å². The van der Waals surface area contributed by atoms with Gasteiger partial charge in [-0.2, -0.15) is 5.10 Å². The normalized spacial score (nSPS) is 20.2. The zero-order valence-electron chi connectivity index (χ0n) is 19.2. The van der Waals surface area contributed by atoms with Crippen LogP contribution in [-0.2, 0) is 4.79 Å². The minimum Gasteiger partial charge on any atom is -0.484 e. The molecule has 2 aliphatic rings. The fourth-order valence-electron chi connectivity index (χ4n) is 4.80. The van der Waals surface area contributed by atoms with Gasteiger partial charge in [-0.15, -0.1) is 0 Å². The average molecular weight is 449 g/mol. The lowest BCUT2D eigenvalue weighted by molar-refractivity contribution is -0.134. The van der Waals surface area contributed by atoms with Crippen LogP contribution in [0.4, 0.5) is 5.82 Å². The number of aromatic amines is 1. The van der Waals surface area contributed by atoms with Gasteiger partial charge in [-0.25, -0.2) is 4.98 Å². The van der Waals surface area contributed by atoms with E-state index in [1.54, 1.807) is 0 Å². The van der Waals surface area contributed by atoms with Gasteiger partial charge < -0.3 is 19.9 Å². The smallest absolute Gasteiger partial charge is 0.260 e. The van der Waals surface area contributed by atoms with Crippen LogP contribution in [0.5, 0.6) is 5.75 Å². The molecule has 1 amide bonds. The first-order chi connectivity index (χ1) is 16.2. The molecule has 8 nitrogen and oxygen atoms in total. The molecule has 0 radical (unpaired) electrons. The Labute approximate surface area is 194 Å². The second kappa shape index (κ2) is 9.79. The van der Waals surface area contributed by atoms with Crippen molar-refractivity contribution >= 4 is 22.8 Å². The maximum Gasteiger partial charge on any atom is 0.260 e. The van der Waals surface area contributed by atoms with Crippen LogP contribution in [0, 0.1) is 0 Å². The summed E-state index contributed by atoms with van der Waals surface area (Å²) in [6, 6.07) is 14.1. The van der Waals surface area contributed by atoms with Crippen molar-refractivity contribution in [3.8, 4) is 5.75 Å². The number of ether oxygens (including phenoxy) is 1. The third kappa shape index (κ3) is 5.11. The second-order valence-corrected chi connectivity index (χ2v) is 9.21. The van der Waals surface area contributed by atoms with E-state index in [4.69, 9.17) is 9.72 Å². The molecule has 5 rings (SSSR count). The van der Waals surface area contributed by atoms with Crippen LogP contribution in [0.2, 0.25) is 0 Å². The van der Waals surface area contributed by atoms with E-state index < -0.39 is 0 Å². The van der Waals surface area contributed by atoms with Crippen molar-refractivity contribution in [2.24, 2.45) is 0 Å². The summed E-state index contributed by atoms with van der Waals surface area (Å²) in [5.41, 5.74) is 1.82. The Bertz CT molecular complexity index is 1080. The van der Waals surface area contributed by atoms with E-state index in [9.17, 15) is 4.79 Å². The number of piperidine rings is 2. The van der Waals surface area contributed by atoms with Crippen LogP contribution in [0.1, 0.15) is 37.3 Å². The molecular weight excluding hydrogens is 416 g/mol. The SMILES string of the molecule is CN1CCC(Nc2n[nH]c3nc([C@@H]4CCCN(C(=O)COc5ccccc5)C4)ccc23)CC1. The molecule has 3 aromatic rings. The number of likely N-dealkylation sites (tertiary alicyclic amines) is 2. The number of carbonyl (C=O) groups excluding carboxylic acids is 1. The van der Waals surface area contributed by atoms with E-state index in [1.807, 2.05) is 35.2 Å². The van der Waals surface area contributed by atoms with Crippen LogP contribution in [-0.4, -0.2) is 76.8 Å². The molecule has 0 saturated carbocycles. The minimum atomic E-state index is 0.0239. The predicted molar refractivity (Wildman–Crippen MR) is 129 cm³/mol. The highest BCUT2D eigenvalue weighted by atomic mass is 16.5. The number of hydrogen-bond donors (Lipinski definition) is 2. The van der Waals surface area contributed by atoms with Gasteiger partial charge in [0.05, 0.1) is 5.39 Å². The molecular formula is C25H32N6O2. The van der Waals surface area contributed by atoms with Crippen LogP contribution >= 0.6 is 0 Å². The van der Waals surface area contributed by atoms with Crippen molar-refractivity contribution in [1.29, 1.82) is 0 Å². The monoisotopic (exact) mass is 448 g/mol. The Morgan fingerprint density at radius 1 is 1.12 bits per heavy atom. The highest BCUT2D eigenvalue weighted by molar-refractivity contribution is 5.87. The van der Waals surface area contributed by atoms with Gasteiger partial charge in [0.25, 0.3) is 5.91 Å². The summed E-state index contributed by atoms with van der Waals surface area (Å²) < 4.78 is 5.66. The van der Waals surface area contributed by atoms with Crippen molar-refractivity contribution in [3.63, 3.8) is 0 Å². The van der Waals surface area contributed by atoms with Crippen LogP contribution in [0.25, 0.3) is 11.0 Å². The zero-order chi connectivity index (χ0) is 22.6. The van der Waals surface area contributed by atoms with Crippen LogP contribution in [0.15, 0.2) is 42.5 Å². The molecule has 0 bridgehead atoms. The van der Waals surface area contributed by atoms with Gasteiger partial charge in [0.2, 0.25) is 0 Å². The molecule has 2 saturated heterocycles. The number of amides is 1. The number of para-hydroxylation sites is 1. The van der Waals surface area contributed by atoms with Crippen LogP contribution in [0.3, 0.4) is 0 Å². The van der Waals surface area contributed by atoms with E-state index in [0.717, 1.165) is 73.6 Å². The number of aromatic nitrogens is 3. The molecule has 0 aliphatic carbocycles. The fraction of sp³-hybridized carbons (Fsp3) is 0.480. The number of fused-ring (bicyclic) bond motifs is 1. The largest absolute Gasteiger partial charge is 0.484 e. The lowest BCUT2D eigenvalue weighted by atomic mass is 9.94. The third-order valence-electron chi connectivity index (χ3n) is 6.80. The quantitative estimate of drug-likeness (QED) is 0.602. The van der Waals surface area contributed by atoms with Crippen molar-refractivity contribution in [3.05, 3.63) is 48.2 Å². The molecule has 2 aliphatic heterocycles. The summed E-state index contributed by atoms with van der Waals surface area (Å²) in [6.07, 6.45) is 4.23. The number of pyridine rings is 1. The molecule has 33 heavy (non-hydrogen) atoms. The van der Waals surface area contributed by atoms with Crippen LogP contribution < -0.4 is 10.1 Å². The molecule has 1 aromatic carbocycles. The summed E-state index contributed by atoms with van der Waals surface area (Å²) in [5.74, 6) is 1.85. The number of rotatable bonds is 6. The highest BCUT2D eigenvalue weighted by Crippen LogP contribution is 2.29. The minimum absolute atomic E-state index is 0.0239. The molecule has 0 spiro atoms. The number of nitrogens with one attached hydrogen (secondary N) is 2. The number of anilines is 1. The van der Waals surface area contributed by atoms with Crippen molar-refractivity contribution in [2.45, 2.75) is 37.6 Å². The fourth-order valence-corrected chi connectivity index (χ4v) is 4.80. The predicted octanol–water partition coefficient (Wildman–Crippen LogP) is 3.25. The van der Waals surface area contributed by atoms with Gasteiger partial charge in [0.15, 0.2) is 18.1 Å². The molecule has 2 N–H and O–H groups in total. The first-order valence-corrected chi connectivity index (χ1v) is 11.9. The number of carbonyl (C=O) groups is 1. The Hall–Kier alpha value is -3.13. The van der Waals surface area contributed by atoms with E-state index in [0.29, 0.717) is 12.6 Å². The van der Waals surface area contributed by atoms with Gasteiger partial charge in [0.1, 0.15) is 5.75 Å². The highest BCUT2D eigenvalue weighted by Gasteiger charge is 2.26. The van der Waals surface area contributed by atoms with E-state index in [2.05, 4.69) is 39.6 Å². The summed E-state index contributed by atoms with van der Waals surface area (Å²) in [6.45, 7) is 3.72. The number of H-pyrrole nitrogens is 1. The summed E-state index contributed by atoms with van der Waals surface area (Å²) in [7, 11) is 2.17. The Balaban J connectivity index is 1.22. The number of benzene rings is 1. The molecule has 2 aromatic heterocycles. The van der Waals surface area contributed by atoms with E-state index >= 15 is 0 Å². The summed E-state index contributed by atoms with van der Waals surface area (Å²) in [5, 5.41) is 12.2. The maximum absolute atomic E-state index is 12.7. The maximum atomic E-state index is 12.7. The Kier molecular flexibility index (Phi) is 6.44. The van der Waals surface area contributed by atoms with Crippen molar-refractivity contribution in [1.82, 2.24) is 25.0 Å². The third-order valence-corrected chi connectivity index (χ3v) is 6.80. The second-order valence-electron chi connectivity index (χ2n) is 9.21. The molecule has 0 unspecified atom stereocenters. The number of nitrogens with zero attached hydrogens (tertiary/aromatic N) is 4. The topological polar surface area (TPSA) is 86.4 Å². The summed E-state index contributed by atoms with van der Waals surface area (Å²) >= 11 is 0. The van der Waals surface area contributed by atoms with Gasteiger partial charge >= 0.3 is 0 Å². The first-order valence-electron chi connectivity index (χ1n) is 11.9. The van der Waals surface area contributed by atoms with Gasteiger partial charge in [-0.05, 0) is 70.1 Å². The van der Waals surface area contributed by atoms with Gasteiger partial charge in [0, 0.05) is 30.7 Å². The molecule has 4 heterocycles.